The average molecular weight is 382 g/mol. The van der Waals surface area contributed by atoms with Crippen LogP contribution in [0.15, 0.2) is 41.1 Å². The van der Waals surface area contributed by atoms with Crippen LogP contribution in [0.3, 0.4) is 0 Å². The van der Waals surface area contributed by atoms with Crippen LogP contribution in [-0.2, 0) is 17.5 Å². The van der Waals surface area contributed by atoms with Gasteiger partial charge in [-0.25, -0.2) is 4.98 Å². The van der Waals surface area contributed by atoms with Crippen molar-refractivity contribution in [3.63, 3.8) is 0 Å². The number of pyridine rings is 1. The fraction of sp³-hybridized carbons (Fsp3) is 0.444. The highest BCUT2D eigenvalue weighted by molar-refractivity contribution is 5.78. The maximum absolute atomic E-state index is 12.6. The standard InChI is InChI=1S/C18H21F3N4O2/c1-23(12-15-3-2-10-27-15)17(26)13-24-6-8-25(9-7-24)16-5-4-14(11-22-16)18(19,20)21/h2-5,10-11H,6-9,12-13H2,1H3. The fourth-order valence-corrected chi connectivity index (χ4v) is 2.91. The van der Waals surface area contributed by atoms with Crippen LogP contribution < -0.4 is 4.90 Å². The Hall–Kier alpha value is -2.55. The van der Waals surface area contributed by atoms with E-state index in [1.54, 1.807) is 24.3 Å². The molecule has 0 bridgehead atoms. The Balaban J connectivity index is 1.48. The second kappa shape index (κ2) is 7.99. The monoisotopic (exact) mass is 382 g/mol. The number of anilines is 1. The van der Waals surface area contributed by atoms with Crippen molar-refractivity contribution in [2.75, 3.05) is 44.7 Å². The third kappa shape index (κ3) is 5.00. The number of nitrogens with zero attached hydrogens (tertiary/aromatic N) is 4. The number of hydrogen-bond acceptors (Lipinski definition) is 5. The molecule has 0 unspecified atom stereocenters. The van der Waals surface area contributed by atoms with Crippen LogP contribution in [0.5, 0.6) is 0 Å². The van der Waals surface area contributed by atoms with E-state index < -0.39 is 11.7 Å². The molecule has 3 rings (SSSR count). The molecule has 0 saturated carbocycles. The maximum atomic E-state index is 12.6. The Morgan fingerprint density at radius 1 is 1.22 bits per heavy atom. The number of alkyl halides is 3. The first-order valence-electron chi connectivity index (χ1n) is 8.60. The molecule has 1 amide bonds. The van der Waals surface area contributed by atoms with Crippen molar-refractivity contribution in [2.24, 2.45) is 0 Å². The predicted octanol–water partition coefficient (Wildman–Crippen LogP) is 2.47. The topological polar surface area (TPSA) is 52.8 Å². The van der Waals surface area contributed by atoms with Crippen molar-refractivity contribution in [2.45, 2.75) is 12.7 Å². The lowest BCUT2D eigenvalue weighted by atomic mass is 10.2. The summed E-state index contributed by atoms with van der Waals surface area (Å²) in [5.41, 5.74) is -0.755. The highest BCUT2D eigenvalue weighted by Crippen LogP contribution is 2.29. The number of halogens is 3. The van der Waals surface area contributed by atoms with E-state index in [0.717, 1.165) is 18.0 Å². The zero-order valence-corrected chi connectivity index (χ0v) is 14.9. The largest absolute Gasteiger partial charge is 0.467 e. The van der Waals surface area contributed by atoms with Gasteiger partial charge in [0.1, 0.15) is 11.6 Å². The second-order valence-electron chi connectivity index (χ2n) is 6.50. The van der Waals surface area contributed by atoms with Crippen molar-refractivity contribution in [1.29, 1.82) is 0 Å². The molecule has 1 aliphatic heterocycles. The van der Waals surface area contributed by atoms with Crippen LogP contribution in [0.25, 0.3) is 0 Å². The van der Waals surface area contributed by atoms with E-state index in [0.29, 0.717) is 45.1 Å². The normalized spacial score (nSPS) is 15.8. The quantitative estimate of drug-likeness (QED) is 0.795. The van der Waals surface area contributed by atoms with Crippen LogP contribution in [0.4, 0.5) is 19.0 Å². The highest BCUT2D eigenvalue weighted by atomic mass is 19.4. The smallest absolute Gasteiger partial charge is 0.417 e. The maximum Gasteiger partial charge on any atom is 0.417 e. The first-order chi connectivity index (χ1) is 12.8. The highest BCUT2D eigenvalue weighted by Gasteiger charge is 2.31. The minimum absolute atomic E-state index is 0.00694. The summed E-state index contributed by atoms with van der Waals surface area (Å²) in [6.45, 7) is 3.21. The third-order valence-electron chi connectivity index (χ3n) is 4.53. The summed E-state index contributed by atoms with van der Waals surface area (Å²) in [5, 5.41) is 0. The van der Waals surface area contributed by atoms with Gasteiger partial charge >= 0.3 is 6.18 Å². The van der Waals surface area contributed by atoms with Crippen molar-refractivity contribution < 1.29 is 22.4 Å². The summed E-state index contributed by atoms with van der Waals surface area (Å²) in [5.74, 6) is 1.24. The molecule has 27 heavy (non-hydrogen) atoms. The van der Waals surface area contributed by atoms with Crippen molar-refractivity contribution in [3.05, 3.63) is 48.0 Å². The van der Waals surface area contributed by atoms with Gasteiger partial charge in [0, 0.05) is 39.4 Å². The molecule has 0 spiro atoms. The van der Waals surface area contributed by atoms with Crippen molar-refractivity contribution in [1.82, 2.24) is 14.8 Å². The second-order valence-corrected chi connectivity index (χ2v) is 6.50. The molecule has 0 radical (unpaired) electrons. The van der Waals surface area contributed by atoms with E-state index >= 15 is 0 Å². The number of carbonyl (C=O) groups excluding carboxylic acids is 1. The summed E-state index contributed by atoms with van der Waals surface area (Å²) < 4.78 is 43.1. The Kier molecular flexibility index (Phi) is 5.69. The molecular weight excluding hydrogens is 361 g/mol. The van der Waals surface area contributed by atoms with E-state index in [4.69, 9.17) is 4.42 Å². The Morgan fingerprint density at radius 3 is 2.52 bits per heavy atom. The number of furan rings is 1. The van der Waals surface area contributed by atoms with Gasteiger partial charge < -0.3 is 14.2 Å². The lowest BCUT2D eigenvalue weighted by Crippen LogP contribution is -2.49. The van der Waals surface area contributed by atoms with Crippen molar-refractivity contribution in [3.8, 4) is 0 Å². The molecule has 0 N–H and O–H groups in total. The Morgan fingerprint density at radius 2 is 1.96 bits per heavy atom. The zero-order chi connectivity index (χ0) is 19.4. The molecule has 9 heteroatoms. The van der Waals surface area contributed by atoms with Crippen LogP contribution >= 0.6 is 0 Å². The van der Waals surface area contributed by atoms with E-state index in [-0.39, 0.29) is 5.91 Å². The summed E-state index contributed by atoms with van der Waals surface area (Å²) in [7, 11) is 1.73. The van der Waals surface area contributed by atoms with Gasteiger partial charge in [0.15, 0.2) is 0 Å². The SMILES string of the molecule is CN(Cc1ccco1)C(=O)CN1CCN(c2ccc(C(F)(F)F)cn2)CC1. The summed E-state index contributed by atoms with van der Waals surface area (Å²) in [6, 6.07) is 6.03. The van der Waals surface area contributed by atoms with Crippen LogP contribution in [0.1, 0.15) is 11.3 Å². The number of amides is 1. The minimum Gasteiger partial charge on any atom is -0.467 e. The van der Waals surface area contributed by atoms with Crippen LogP contribution in [-0.4, -0.2) is 60.5 Å². The molecular formula is C18H21F3N4O2. The van der Waals surface area contributed by atoms with Gasteiger partial charge in [-0.2, -0.15) is 13.2 Å². The summed E-state index contributed by atoms with van der Waals surface area (Å²) in [4.78, 5) is 21.8. The van der Waals surface area contributed by atoms with E-state index in [9.17, 15) is 18.0 Å². The molecule has 1 aliphatic rings. The number of aromatic nitrogens is 1. The number of hydrogen-bond donors (Lipinski definition) is 0. The third-order valence-corrected chi connectivity index (χ3v) is 4.53. The minimum atomic E-state index is -4.38. The van der Waals surface area contributed by atoms with Gasteiger partial charge in [0.05, 0.1) is 24.9 Å². The van der Waals surface area contributed by atoms with Gasteiger partial charge in [-0.05, 0) is 24.3 Å². The van der Waals surface area contributed by atoms with E-state index in [2.05, 4.69) is 4.98 Å². The Labute approximate surface area is 155 Å². The molecule has 6 nitrogen and oxygen atoms in total. The number of likely N-dealkylation sites (N-methyl/N-ethyl adjacent to an activating group) is 1. The first kappa shape index (κ1) is 19.2. The first-order valence-corrected chi connectivity index (χ1v) is 8.60. The number of rotatable bonds is 5. The molecule has 2 aromatic heterocycles. The van der Waals surface area contributed by atoms with Gasteiger partial charge in [0.25, 0.3) is 0 Å². The number of piperazine rings is 1. The summed E-state index contributed by atoms with van der Waals surface area (Å²) in [6.07, 6.45) is -1.96. The average Bonchev–Trinajstić information content (AvgIpc) is 3.15. The summed E-state index contributed by atoms with van der Waals surface area (Å²) >= 11 is 0. The predicted molar refractivity (Wildman–Crippen MR) is 93.1 cm³/mol. The van der Waals surface area contributed by atoms with E-state index in [1.165, 1.54) is 6.07 Å². The number of carbonyl (C=O) groups is 1. The van der Waals surface area contributed by atoms with Gasteiger partial charge in [-0.1, -0.05) is 0 Å². The zero-order valence-electron chi connectivity index (χ0n) is 14.9. The molecule has 0 aromatic carbocycles. The van der Waals surface area contributed by atoms with Gasteiger partial charge in [-0.15, -0.1) is 0 Å². The molecule has 2 aromatic rings. The molecule has 3 heterocycles. The molecule has 0 aliphatic carbocycles. The molecule has 146 valence electrons. The molecule has 0 atom stereocenters. The van der Waals surface area contributed by atoms with Crippen molar-refractivity contribution >= 4 is 11.7 Å². The van der Waals surface area contributed by atoms with Gasteiger partial charge in [-0.3, -0.25) is 9.69 Å². The van der Waals surface area contributed by atoms with Crippen LogP contribution in [0, 0.1) is 0 Å². The Bertz CT molecular complexity index is 739. The lowest BCUT2D eigenvalue weighted by Gasteiger charge is -2.35. The van der Waals surface area contributed by atoms with Gasteiger partial charge in [0.2, 0.25) is 5.91 Å². The van der Waals surface area contributed by atoms with Crippen LogP contribution in [0.2, 0.25) is 0 Å². The molecule has 1 fully saturated rings. The lowest BCUT2D eigenvalue weighted by molar-refractivity contribution is -0.137. The van der Waals surface area contributed by atoms with E-state index in [1.807, 2.05) is 15.9 Å². The fourth-order valence-electron chi connectivity index (χ4n) is 2.91. The molecule has 1 saturated heterocycles.